The Morgan fingerprint density at radius 2 is 2.17 bits per heavy atom. The van der Waals surface area contributed by atoms with Gasteiger partial charge < -0.3 is 10.2 Å². The zero-order chi connectivity index (χ0) is 13.0. The maximum Gasteiger partial charge on any atom is 0.239 e. The fraction of sp³-hybridized carbons (Fsp3) is 0.571. The third-order valence-electron chi connectivity index (χ3n) is 3.33. The summed E-state index contributed by atoms with van der Waals surface area (Å²) < 4.78 is 0. The van der Waals surface area contributed by atoms with E-state index in [0.29, 0.717) is 6.54 Å². The number of pyridine rings is 1. The van der Waals surface area contributed by atoms with Crippen molar-refractivity contribution in [3.63, 3.8) is 0 Å². The maximum absolute atomic E-state index is 12.1. The van der Waals surface area contributed by atoms with Gasteiger partial charge in [-0.25, -0.2) is 0 Å². The van der Waals surface area contributed by atoms with Gasteiger partial charge in [-0.05, 0) is 37.8 Å². The van der Waals surface area contributed by atoms with Crippen molar-refractivity contribution in [3.8, 4) is 0 Å². The first-order valence-corrected chi connectivity index (χ1v) is 6.59. The molecule has 1 amide bonds. The minimum Gasteiger partial charge on any atom is -0.341 e. The molecule has 1 saturated heterocycles. The first-order valence-electron chi connectivity index (χ1n) is 6.59. The van der Waals surface area contributed by atoms with Gasteiger partial charge in [0.25, 0.3) is 0 Å². The Hall–Kier alpha value is -1.42. The van der Waals surface area contributed by atoms with Crippen LogP contribution < -0.4 is 5.32 Å². The number of hydrogen-bond donors (Lipinski definition) is 1. The Morgan fingerprint density at radius 1 is 1.44 bits per heavy atom. The monoisotopic (exact) mass is 247 g/mol. The SMILES string of the molecule is Cc1cncc(CNC(C)C(=O)N2CCCC2)c1. The summed E-state index contributed by atoms with van der Waals surface area (Å²) >= 11 is 0. The summed E-state index contributed by atoms with van der Waals surface area (Å²) in [4.78, 5) is 18.2. The van der Waals surface area contributed by atoms with Crippen molar-refractivity contribution >= 4 is 5.91 Å². The Bertz CT molecular complexity index is 413. The van der Waals surface area contributed by atoms with Crippen LogP contribution in [0.1, 0.15) is 30.9 Å². The first kappa shape index (κ1) is 13.0. The molecule has 1 atom stereocenters. The molecule has 0 aliphatic carbocycles. The number of aromatic nitrogens is 1. The van der Waals surface area contributed by atoms with E-state index in [4.69, 9.17) is 0 Å². The second kappa shape index (κ2) is 5.96. The van der Waals surface area contributed by atoms with Gasteiger partial charge in [-0.2, -0.15) is 0 Å². The van der Waals surface area contributed by atoms with E-state index >= 15 is 0 Å². The largest absolute Gasteiger partial charge is 0.341 e. The molecular formula is C14H21N3O. The molecule has 98 valence electrons. The number of amides is 1. The Labute approximate surface area is 108 Å². The maximum atomic E-state index is 12.1. The highest BCUT2D eigenvalue weighted by Crippen LogP contribution is 2.09. The molecular weight excluding hydrogens is 226 g/mol. The number of likely N-dealkylation sites (tertiary alicyclic amines) is 1. The van der Waals surface area contributed by atoms with Crippen molar-refractivity contribution in [2.45, 2.75) is 39.3 Å². The van der Waals surface area contributed by atoms with Crippen LogP contribution in [0.5, 0.6) is 0 Å². The molecule has 4 heteroatoms. The average molecular weight is 247 g/mol. The summed E-state index contributed by atoms with van der Waals surface area (Å²) in [7, 11) is 0. The molecule has 0 bridgehead atoms. The van der Waals surface area contributed by atoms with E-state index in [1.165, 1.54) is 0 Å². The van der Waals surface area contributed by atoms with Crippen LogP contribution in [0, 0.1) is 6.92 Å². The Kier molecular flexibility index (Phi) is 4.31. The van der Waals surface area contributed by atoms with E-state index in [1.54, 1.807) is 0 Å². The van der Waals surface area contributed by atoms with Crippen LogP contribution in [0.15, 0.2) is 18.5 Å². The second-order valence-corrected chi connectivity index (χ2v) is 5.01. The van der Waals surface area contributed by atoms with E-state index in [2.05, 4.69) is 16.4 Å². The lowest BCUT2D eigenvalue weighted by atomic mass is 10.2. The third-order valence-corrected chi connectivity index (χ3v) is 3.33. The quantitative estimate of drug-likeness (QED) is 0.877. The van der Waals surface area contributed by atoms with E-state index in [1.807, 2.05) is 31.1 Å². The average Bonchev–Trinajstić information content (AvgIpc) is 2.89. The summed E-state index contributed by atoms with van der Waals surface area (Å²) in [6.07, 6.45) is 5.95. The van der Waals surface area contributed by atoms with E-state index in [-0.39, 0.29) is 11.9 Å². The van der Waals surface area contributed by atoms with Gasteiger partial charge in [0.2, 0.25) is 5.91 Å². The van der Waals surface area contributed by atoms with Crippen molar-refractivity contribution in [1.82, 2.24) is 15.2 Å². The standard InChI is InChI=1S/C14H21N3O/c1-11-7-13(9-15-8-11)10-16-12(2)14(18)17-5-3-4-6-17/h7-9,12,16H,3-6,10H2,1-2H3. The molecule has 1 N–H and O–H groups in total. The summed E-state index contributed by atoms with van der Waals surface area (Å²) in [5.74, 6) is 0.216. The molecule has 1 aliphatic heterocycles. The van der Waals surface area contributed by atoms with Crippen molar-refractivity contribution in [2.75, 3.05) is 13.1 Å². The van der Waals surface area contributed by atoms with Crippen LogP contribution in [0.3, 0.4) is 0 Å². The van der Waals surface area contributed by atoms with Crippen LogP contribution in [-0.4, -0.2) is 34.9 Å². The van der Waals surface area contributed by atoms with E-state index < -0.39 is 0 Å². The van der Waals surface area contributed by atoms with Crippen molar-refractivity contribution < 1.29 is 4.79 Å². The normalized spacial score (nSPS) is 16.9. The van der Waals surface area contributed by atoms with Gasteiger partial charge in [-0.3, -0.25) is 9.78 Å². The van der Waals surface area contributed by atoms with Crippen LogP contribution in [0.2, 0.25) is 0 Å². The van der Waals surface area contributed by atoms with Gasteiger partial charge >= 0.3 is 0 Å². The number of nitrogens with one attached hydrogen (secondary N) is 1. The Balaban J connectivity index is 1.84. The summed E-state index contributed by atoms with van der Waals surface area (Å²) in [5, 5.41) is 3.27. The number of carbonyl (C=O) groups is 1. The van der Waals surface area contributed by atoms with E-state index in [0.717, 1.165) is 37.1 Å². The molecule has 4 nitrogen and oxygen atoms in total. The summed E-state index contributed by atoms with van der Waals surface area (Å²) in [6, 6.07) is 1.97. The van der Waals surface area contributed by atoms with Crippen LogP contribution in [0.4, 0.5) is 0 Å². The number of rotatable bonds is 4. The molecule has 1 unspecified atom stereocenters. The fourth-order valence-electron chi connectivity index (χ4n) is 2.28. The van der Waals surface area contributed by atoms with Crippen molar-refractivity contribution in [1.29, 1.82) is 0 Å². The van der Waals surface area contributed by atoms with Gasteiger partial charge in [0, 0.05) is 32.0 Å². The zero-order valence-corrected chi connectivity index (χ0v) is 11.1. The van der Waals surface area contributed by atoms with Gasteiger partial charge in [-0.1, -0.05) is 6.07 Å². The molecule has 0 radical (unpaired) electrons. The lowest BCUT2D eigenvalue weighted by Gasteiger charge is -2.21. The highest BCUT2D eigenvalue weighted by atomic mass is 16.2. The molecule has 1 aliphatic rings. The minimum absolute atomic E-state index is 0.122. The molecule has 0 spiro atoms. The molecule has 1 aromatic heterocycles. The molecule has 1 fully saturated rings. The first-order chi connectivity index (χ1) is 8.66. The lowest BCUT2D eigenvalue weighted by molar-refractivity contribution is -0.131. The predicted octanol–water partition coefficient (Wildman–Crippen LogP) is 1.49. The molecule has 18 heavy (non-hydrogen) atoms. The summed E-state index contributed by atoms with van der Waals surface area (Å²) in [5.41, 5.74) is 2.27. The molecule has 0 aromatic carbocycles. The highest BCUT2D eigenvalue weighted by molar-refractivity contribution is 5.81. The highest BCUT2D eigenvalue weighted by Gasteiger charge is 2.22. The molecule has 1 aromatic rings. The predicted molar refractivity (Wildman–Crippen MR) is 71.1 cm³/mol. The van der Waals surface area contributed by atoms with Gasteiger partial charge in [0.15, 0.2) is 0 Å². The molecule has 2 heterocycles. The smallest absolute Gasteiger partial charge is 0.239 e. The molecule has 0 saturated carbocycles. The number of aryl methyl sites for hydroxylation is 1. The molecule has 2 rings (SSSR count). The number of hydrogen-bond acceptors (Lipinski definition) is 3. The Morgan fingerprint density at radius 3 is 2.83 bits per heavy atom. The van der Waals surface area contributed by atoms with Gasteiger partial charge in [-0.15, -0.1) is 0 Å². The van der Waals surface area contributed by atoms with E-state index in [9.17, 15) is 4.79 Å². The fourth-order valence-corrected chi connectivity index (χ4v) is 2.28. The van der Waals surface area contributed by atoms with Crippen molar-refractivity contribution in [3.05, 3.63) is 29.6 Å². The summed E-state index contributed by atoms with van der Waals surface area (Å²) in [6.45, 7) is 6.47. The van der Waals surface area contributed by atoms with Gasteiger partial charge in [0.05, 0.1) is 6.04 Å². The van der Waals surface area contributed by atoms with Crippen LogP contribution in [0.25, 0.3) is 0 Å². The topological polar surface area (TPSA) is 45.2 Å². The lowest BCUT2D eigenvalue weighted by Crippen LogP contribution is -2.43. The second-order valence-electron chi connectivity index (χ2n) is 5.01. The third kappa shape index (κ3) is 3.29. The van der Waals surface area contributed by atoms with Gasteiger partial charge in [0.1, 0.15) is 0 Å². The van der Waals surface area contributed by atoms with Crippen molar-refractivity contribution in [2.24, 2.45) is 0 Å². The zero-order valence-electron chi connectivity index (χ0n) is 11.1. The van der Waals surface area contributed by atoms with Crippen LogP contribution in [-0.2, 0) is 11.3 Å². The number of nitrogens with zero attached hydrogens (tertiary/aromatic N) is 2. The van der Waals surface area contributed by atoms with Crippen LogP contribution >= 0.6 is 0 Å². The minimum atomic E-state index is -0.122. The number of carbonyl (C=O) groups excluding carboxylic acids is 1.